The molecule has 2 fully saturated rings. The van der Waals surface area contributed by atoms with Crippen molar-refractivity contribution >= 4 is 5.91 Å². The summed E-state index contributed by atoms with van der Waals surface area (Å²) in [5.41, 5.74) is 0. The first-order valence-corrected chi connectivity index (χ1v) is 25.6. The first-order valence-electron chi connectivity index (χ1n) is 25.6. The smallest absolute Gasteiger partial charge is 0.220 e. The largest absolute Gasteiger partial charge is 0.394 e. The van der Waals surface area contributed by atoms with Gasteiger partial charge in [0.2, 0.25) is 5.91 Å². The summed E-state index contributed by atoms with van der Waals surface area (Å²) in [6.07, 6.45) is 24.0. The molecule has 2 heterocycles. The normalized spacial score (nSPS) is 27.4. The Morgan fingerprint density at radius 3 is 1.52 bits per heavy atom. The van der Waals surface area contributed by atoms with E-state index >= 15 is 0 Å². The molecule has 12 unspecified atom stereocenters. The van der Waals surface area contributed by atoms with Gasteiger partial charge in [0.15, 0.2) is 12.6 Å². The average Bonchev–Trinajstić information content (AvgIpc) is 3.29. The van der Waals surface area contributed by atoms with E-state index in [1.165, 1.54) is 116 Å². The van der Waals surface area contributed by atoms with E-state index in [2.05, 4.69) is 31.3 Å². The van der Waals surface area contributed by atoms with Crippen molar-refractivity contribution in [3.63, 3.8) is 0 Å². The van der Waals surface area contributed by atoms with Gasteiger partial charge >= 0.3 is 0 Å². The second kappa shape index (κ2) is 37.5. The van der Waals surface area contributed by atoms with Crippen molar-refractivity contribution < 1.29 is 64.6 Å². The van der Waals surface area contributed by atoms with Gasteiger partial charge in [-0.25, -0.2) is 0 Å². The molecule has 0 bridgehead atoms. The van der Waals surface area contributed by atoms with Crippen LogP contribution in [0.2, 0.25) is 0 Å². The van der Waals surface area contributed by atoms with Crippen LogP contribution in [0.3, 0.4) is 0 Å². The highest BCUT2D eigenvalue weighted by Gasteiger charge is 2.51. The van der Waals surface area contributed by atoms with E-state index in [4.69, 9.17) is 18.9 Å². The third kappa shape index (κ3) is 24.5. The minimum atomic E-state index is -1.79. The Morgan fingerprint density at radius 2 is 1.00 bits per heavy atom. The van der Waals surface area contributed by atoms with Crippen LogP contribution in [-0.2, 0) is 23.7 Å². The Morgan fingerprint density at radius 1 is 0.547 bits per heavy atom. The van der Waals surface area contributed by atoms with E-state index in [-0.39, 0.29) is 18.9 Å². The number of hydrogen-bond donors (Lipinski definition) is 9. The third-order valence-electron chi connectivity index (χ3n) is 12.6. The molecule has 0 aromatic rings. The van der Waals surface area contributed by atoms with Gasteiger partial charge in [-0.3, -0.25) is 4.79 Å². The summed E-state index contributed by atoms with van der Waals surface area (Å²) in [5, 5.41) is 86.4. The van der Waals surface area contributed by atoms with Crippen LogP contribution in [0, 0.1) is 0 Å². The van der Waals surface area contributed by atoms with Gasteiger partial charge in [-0.05, 0) is 25.7 Å². The lowest BCUT2D eigenvalue weighted by Gasteiger charge is -2.46. The first kappa shape index (κ1) is 58.6. The molecular weight excluding hydrogens is 823 g/mol. The standard InChI is InChI=1S/C50H93NO13/c1-3-5-7-9-11-13-14-15-16-17-18-19-20-21-22-23-24-25-26-28-30-32-34-42(55)51-38(39(54)33-31-29-27-12-10-8-6-4-2)37-61-49-47(60)45(58)48(41(36-53)63-49)64-50-46(59)44(57)43(56)40(35-52)62-50/h10,12,31,33,38-41,43-50,52-54,56-60H,3-9,11,13-30,32,34-37H2,1-2H3,(H,51,55)/b12-10+,33-31+. The van der Waals surface area contributed by atoms with Crippen molar-refractivity contribution in [2.24, 2.45) is 0 Å². The molecule has 0 aromatic heterocycles. The van der Waals surface area contributed by atoms with E-state index in [1.807, 2.05) is 6.08 Å². The number of allylic oxidation sites excluding steroid dienone is 3. The van der Waals surface area contributed by atoms with E-state index in [9.17, 15) is 45.6 Å². The van der Waals surface area contributed by atoms with Gasteiger partial charge in [0.05, 0.1) is 32.0 Å². The number of hydrogen-bond acceptors (Lipinski definition) is 13. The van der Waals surface area contributed by atoms with Crippen molar-refractivity contribution in [2.75, 3.05) is 19.8 Å². The van der Waals surface area contributed by atoms with Crippen LogP contribution >= 0.6 is 0 Å². The molecule has 12 atom stereocenters. The highest BCUT2D eigenvalue weighted by atomic mass is 16.7. The van der Waals surface area contributed by atoms with Gasteiger partial charge in [-0.2, -0.15) is 0 Å². The minimum Gasteiger partial charge on any atom is -0.394 e. The number of aliphatic hydroxyl groups excluding tert-OH is 8. The molecule has 376 valence electrons. The van der Waals surface area contributed by atoms with Crippen LogP contribution in [0.1, 0.15) is 194 Å². The highest BCUT2D eigenvalue weighted by molar-refractivity contribution is 5.76. The fourth-order valence-corrected chi connectivity index (χ4v) is 8.41. The Hall–Kier alpha value is -1.53. The summed E-state index contributed by atoms with van der Waals surface area (Å²) in [5.74, 6) is -0.251. The molecule has 64 heavy (non-hydrogen) atoms. The lowest BCUT2D eigenvalue weighted by molar-refractivity contribution is -0.359. The number of amides is 1. The summed E-state index contributed by atoms with van der Waals surface area (Å²) < 4.78 is 22.6. The molecule has 2 saturated heterocycles. The van der Waals surface area contributed by atoms with E-state index < -0.39 is 86.8 Å². The summed E-state index contributed by atoms with van der Waals surface area (Å²) in [7, 11) is 0. The summed E-state index contributed by atoms with van der Waals surface area (Å²) >= 11 is 0. The zero-order chi connectivity index (χ0) is 46.8. The molecule has 0 spiro atoms. The molecule has 2 aliphatic heterocycles. The summed E-state index contributed by atoms with van der Waals surface area (Å²) in [6, 6.07) is -0.924. The van der Waals surface area contributed by atoms with Crippen molar-refractivity contribution in [2.45, 2.75) is 267 Å². The molecule has 14 heteroatoms. The number of carbonyl (C=O) groups is 1. The molecule has 1 amide bonds. The Balaban J connectivity index is 1.74. The quantitative estimate of drug-likeness (QED) is 0.0236. The number of aliphatic hydroxyl groups is 8. The molecule has 0 aliphatic carbocycles. The van der Waals surface area contributed by atoms with Crippen LogP contribution in [0.5, 0.6) is 0 Å². The predicted molar refractivity (Wildman–Crippen MR) is 249 cm³/mol. The lowest BCUT2D eigenvalue weighted by Crippen LogP contribution is -2.65. The van der Waals surface area contributed by atoms with E-state index in [0.29, 0.717) is 12.8 Å². The van der Waals surface area contributed by atoms with E-state index in [1.54, 1.807) is 6.08 Å². The van der Waals surface area contributed by atoms with Crippen LogP contribution in [0.4, 0.5) is 0 Å². The van der Waals surface area contributed by atoms with Gasteiger partial charge in [0.1, 0.15) is 48.8 Å². The Kier molecular flexibility index (Phi) is 34.3. The van der Waals surface area contributed by atoms with Crippen molar-refractivity contribution in [1.29, 1.82) is 0 Å². The highest BCUT2D eigenvalue weighted by Crippen LogP contribution is 2.30. The zero-order valence-corrected chi connectivity index (χ0v) is 39.8. The van der Waals surface area contributed by atoms with Gasteiger partial charge in [0, 0.05) is 6.42 Å². The topological polar surface area (TPSA) is 228 Å². The van der Waals surface area contributed by atoms with Gasteiger partial charge in [-0.1, -0.05) is 186 Å². The van der Waals surface area contributed by atoms with Crippen molar-refractivity contribution in [3.05, 3.63) is 24.3 Å². The van der Waals surface area contributed by atoms with Gasteiger partial charge < -0.3 is 65.1 Å². The minimum absolute atomic E-state index is 0.251. The second-order valence-electron chi connectivity index (χ2n) is 18.3. The number of carbonyl (C=O) groups excluding carboxylic acids is 1. The van der Waals surface area contributed by atoms with Crippen molar-refractivity contribution in [1.82, 2.24) is 5.32 Å². The van der Waals surface area contributed by atoms with Crippen molar-refractivity contribution in [3.8, 4) is 0 Å². The lowest BCUT2D eigenvalue weighted by atomic mass is 9.97. The predicted octanol–water partition coefficient (Wildman–Crippen LogP) is 6.55. The summed E-state index contributed by atoms with van der Waals surface area (Å²) in [6.45, 7) is 2.69. The maximum absolute atomic E-state index is 13.1. The maximum atomic E-state index is 13.1. The zero-order valence-electron chi connectivity index (χ0n) is 39.8. The third-order valence-corrected chi connectivity index (χ3v) is 12.6. The fourth-order valence-electron chi connectivity index (χ4n) is 8.41. The second-order valence-corrected chi connectivity index (χ2v) is 18.3. The van der Waals surface area contributed by atoms with Crippen LogP contribution in [-0.4, -0.2) is 140 Å². The fraction of sp³-hybridized carbons (Fsp3) is 0.900. The van der Waals surface area contributed by atoms with E-state index in [0.717, 1.165) is 44.9 Å². The van der Waals surface area contributed by atoms with Crippen LogP contribution in [0.15, 0.2) is 24.3 Å². The van der Waals surface area contributed by atoms with Gasteiger partial charge in [-0.15, -0.1) is 0 Å². The maximum Gasteiger partial charge on any atom is 0.220 e. The molecule has 0 aromatic carbocycles. The van der Waals surface area contributed by atoms with Gasteiger partial charge in [0.25, 0.3) is 0 Å². The molecule has 2 aliphatic rings. The molecule has 0 radical (unpaired) electrons. The van der Waals surface area contributed by atoms with Crippen LogP contribution in [0.25, 0.3) is 0 Å². The SMILES string of the molecule is CCCC/C=C/CC/C=C/C(O)C(COC1OC(CO)C(OC2OC(CO)C(O)C(O)C2O)C(O)C1O)NC(=O)CCCCCCCCCCCCCCCCCCCCCCCC. The Bertz CT molecular complexity index is 1170. The Labute approximate surface area is 386 Å². The monoisotopic (exact) mass is 916 g/mol. The number of rotatable bonds is 39. The first-order chi connectivity index (χ1) is 31.1. The molecular formula is C50H93NO13. The molecule has 0 saturated carbocycles. The van der Waals surface area contributed by atoms with Crippen LogP contribution < -0.4 is 5.32 Å². The number of ether oxygens (including phenoxy) is 4. The molecule has 9 N–H and O–H groups in total. The molecule has 14 nitrogen and oxygen atoms in total. The summed E-state index contributed by atoms with van der Waals surface area (Å²) in [4.78, 5) is 13.1. The molecule has 2 rings (SSSR count). The number of nitrogens with one attached hydrogen (secondary N) is 1. The average molecular weight is 916 g/mol. The number of unbranched alkanes of at least 4 members (excludes halogenated alkanes) is 24.